The lowest BCUT2D eigenvalue weighted by Crippen LogP contribution is -2.39. The summed E-state index contributed by atoms with van der Waals surface area (Å²) in [7, 11) is 1.78. The molecule has 36 heavy (non-hydrogen) atoms. The van der Waals surface area contributed by atoms with E-state index in [2.05, 4.69) is 50.1 Å². The number of aromatic nitrogens is 3. The minimum atomic E-state index is -1.05. The molecule has 0 spiro atoms. The van der Waals surface area contributed by atoms with Crippen LogP contribution in [-0.2, 0) is 41.4 Å². The van der Waals surface area contributed by atoms with Crippen molar-refractivity contribution < 1.29 is 14.3 Å². The minimum absolute atomic E-state index is 0.0973. The molecule has 0 bridgehead atoms. The van der Waals surface area contributed by atoms with Gasteiger partial charge in [-0.1, -0.05) is 57.2 Å². The molecule has 0 aliphatic rings. The van der Waals surface area contributed by atoms with Crippen molar-refractivity contribution in [3.63, 3.8) is 0 Å². The number of aryl methyl sites for hydroxylation is 2. The molecule has 0 aliphatic carbocycles. The molecule has 0 saturated carbocycles. The molecule has 7 nitrogen and oxygen atoms in total. The van der Waals surface area contributed by atoms with E-state index in [1.807, 2.05) is 24.3 Å². The van der Waals surface area contributed by atoms with E-state index in [0.717, 1.165) is 29.8 Å². The first-order valence-electron chi connectivity index (χ1n) is 12.6. The van der Waals surface area contributed by atoms with Gasteiger partial charge in [-0.3, -0.25) is 4.57 Å². The quantitative estimate of drug-likeness (QED) is 0.379. The molecule has 0 saturated heterocycles. The normalized spacial score (nSPS) is 12.0. The molecule has 0 unspecified atom stereocenters. The summed E-state index contributed by atoms with van der Waals surface area (Å²) in [6.07, 6.45) is 2.41. The molecule has 1 heterocycles. The van der Waals surface area contributed by atoms with Crippen LogP contribution in [0.15, 0.2) is 53.3 Å². The van der Waals surface area contributed by atoms with Crippen molar-refractivity contribution in [2.75, 3.05) is 6.61 Å². The first-order valence-corrected chi connectivity index (χ1v) is 12.6. The fourth-order valence-electron chi connectivity index (χ4n) is 3.95. The molecule has 1 aromatic heterocycles. The predicted molar refractivity (Wildman–Crippen MR) is 142 cm³/mol. The smallest absolute Gasteiger partial charge is 0.349 e. The van der Waals surface area contributed by atoms with E-state index < -0.39 is 5.60 Å². The van der Waals surface area contributed by atoms with Gasteiger partial charge in [0.1, 0.15) is 11.6 Å². The van der Waals surface area contributed by atoms with Crippen LogP contribution in [0.2, 0.25) is 0 Å². The number of rotatable bonds is 10. The van der Waals surface area contributed by atoms with Crippen LogP contribution in [0.1, 0.15) is 70.5 Å². The van der Waals surface area contributed by atoms with Crippen LogP contribution in [0.5, 0.6) is 5.75 Å². The first kappa shape index (κ1) is 27.2. The zero-order chi connectivity index (χ0) is 26.5. The maximum atomic E-state index is 12.7. The second-order valence-corrected chi connectivity index (χ2v) is 10.7. The summed E-state index contributed by atoms with van der Waals surface area (Å²) >= 11 is 0. The highest BCUT2D eigenvalue weighted by molar-refractivity contribution is 5.79. The van der Waals surface area contributed by atoms with Gasteiger partial charge in [-0.05, 0) is 67.9 Å². The number of benzene rings is 2. The van der Waals surface area contributed by atoms with Gasteiger partial charge in [0.05, 0.1) is 13.2 Å². The lowest BCUT2D eigenvalue weighted by Gasteiger charge is -2.24. The number of ether oxygens (including phenoxy) is 2. The molecule has 0 aliphatic heterocycles. The predicted octanol–water partition coefficient (Wildman–Crippen LogP) is 4.82. The second-order valence-electron chi connectivity index (χ2n) is 10.7. The number of esters is 1. The van der Waals surface area contributed by atoms with Crippen LogP contribution in [-0.4, -0.2) is 32.5 Å². The number of hydrogen-bond donors (Lipinski definition) is 0. The topological polar surface area (TPSA) is 75.3 Å². The van der Waals surface area contributed by atoms with E-state index in [0.29, 0.717) is 25.3 Å². The number of carbonyl (C=O) groups excluding carboxylic acids is 1. The Morgan fingerprint density at radius 3 is 2.11 bits per heavy atom. The third kappa shape index (κ3) is 6.86. The number of nitrogens with zero attached hydrogens (tertiary/aromatic N) is 3. The van der Waals surface area contributed by atoms with Crippen LogP contribution in [0.4, 0.5) is 0 Å². The summed E-state index contributed by atoms with van der Waals surface area (Å²) in [5.74, 6) is 1.01. The van der Waals surface area contributed by atoms with Crippen LogP contribution >= 0.6 is 0 Å². The Morgan fingerprint density at radius 2 is 1.53 bits per heavy atom. The molecule has 0 atom stereocenters. The maximum absolute atomic E-state index is 12.7. The highest BCUT2D eigenvalue weighted by Crippen LogP contribution is 2.23. The van der Waals surface area contributed by atoms with E-state index in [4.69, 9.17) is 9.47 Å². The summed E-state index contributed by atoms with van der Waals surface area (Å²) in [4.78, 5) is 24.7. The molecule has 3 rings (SSSR count). The second kappa shape index (κ2) is 11.1. The largest absolute Gasteiger partial charge is 0.476 e. The maximum Gasteiger partial charge on any atom is 0.349 e. The highest BCUT2D eigenvalue weighted by atomic mass is 16.6. The van der Waals surface area contributed by atoms with Crippen molar-refractivity contribution in [2.24, 2.45) is 7.05 Å². The van der Waals surface area contributed by atoms with Crippen molar-refractivity contribution in [3.8, 4) is 5.75 Å². The molecule has 0 fully saturated rings. The van der Waals surface area contributed by atoms with Crippen molar-refractivity contribution in [1.29, 1.82) is 0 Å². The van der Waals surface area contributed by atoms with Gasteiger partial charge in [-0.15, -0.1) is 0 Å². The Kier molecular flexibility index (Phi) is 8.43. The van der Waals surface area contributed by atoms with Gasteiger partial charge < -0.3 is 9.47 Å². The molecular weight excluding hydrogens is 454 g/mol. The summed E-state index contributed by atoms with van der Waals surface area (Å²) in [6.45, 7) is 12.5. The summed E-state index contributed by atoms with van der Waals surface area (Å²) in [5, 5.41) is 4.60. The Morgan fingerprint density at radius 1 is 0.917 bits per heavy atom. The first-order chi connectivity index (χ1) is 16.9. The Labute approximate surface area is 214 Å². The van der Waals surface area contributed by atoms with Crippen molar-refractivity contribution in [2.45, 2.75) is 78.4 Å². The lowest BCUT2D eigenvalue weighted by molar-refractivity contribution is -0.158. The molecule has 0 amide bonds. The monoisotopic (exact) mass is 493 g/mol. The standard InChI is InChI=1S/C29H39N3O4/c1-8-35-26(33)29(5,6)36-24-18-14-21(15-19-24)10-9-11-25-30-32(27(34)31(25)7)20-22-12-16-23(17-13-22)28(2,3)4/h12-19H,8-11,20H2,1-7H3. The minimum Gasteiger partial charge on any atom is -0.476 e. The fraction of sp³-hybridized carbons (Fsp3) is 0.483. The molecule has 3 aromatic rings. The van der Waals surface area contributed by atoms with E-state index >= 15 is 0 Å². The molecule has 0 N–H and O–H groups in total. The zero-order valence-corrected chi connectivity index (χ0v) is 22.6. The van der Waals surface area contributed by atoms with Crippen LogP contribution in [0.3, 0.4) is 0 Å². The molecule has 2 aromatic carbocycles. The van der Waals surface area contributed by atoms with E-state index in [9.17, 15) is 9.59 Å². The summed E-state index contributed by atoms with van der Waals surface area (Å²) in [6, 6.07) is 16.1. The van der Waals surface area contributed by atoms with Gasteiger partial charge in [-0.25, -0.2) is 14.3 Å². The number of hydrogen-bond acceptors (Lipinski definition) is 5. The van der Waals surface area contributed by atoms with Gasteiger partial charge in [0.25, 0.3) is 0 Å². The van der Waals surface area contributed by atoms with Crippen molar-refractivity contribution >= 4 is 5.97 Å². The fourth-order valence-corrected chi connectivity index (χ4v) is 3.95. The summed E-state index contributed by atoms with van der Waals surface area (Å²) in [5.41, 5.74) is 2.43. The van der Waals surface area contributed by atoms with E-state index in [1.165, 1.54) is 5.56 Å². The van der Waals surface area contributed by atoms with Gasteiger partial charge in [0, 0.05) is 13.5 Å². The lowest BCUT2D eigenvalue weighted by atomic mass is 9.87. The summed E-state index contributed by atoms with van der Waals surface area (Å²) < 4.78 is 14.1. The van der Waals surface area contributed by atoms with Crippen molar-refractivity contribution in [3.05, 3.63) is 81.5 Å². The van der Waals surface area contributed by atoms with Crippen LogP contribution < -0.4 is 10.4 Å². The van der Waals surface area contributed by atoms with Crippen LogP contribution in [0, 0.1) is 0 Å². The Bertz CT molecular complexity index is 1210. The third-order valence-corrected chi connectivity index (χ3v) is 6.21. The third-order valence-electron chi connectivity index (χ3n) is 6.21. The van der Waals surface area contributed by atoms with E-state index in [-0.39, 0.29) is 17.1 Å². The van der Waals surface area contributed by atoms with Crippen molar-refractivity contribution in [1.82, 2.24) is 14.3 Å². The number of carbonyl (C=O) groups is 1. The van der Waals surface area contributed by atoms with E-state index in [1.54, 1.807) is 37.1 Å². The zero-order valence-electron chi connectivity index (χ0n) is 22.6. The molecule has 0 radical (unpaired) electrons. The van der Waals surface area contributed by atoms with Crippen LogP contribution in [0.25, 0.3) is 0 Å². The van der Waals surface area contributed by atoms with Gasteiger partial charge in [0.2, 0.25) is 0 Å². The highest BCUT2D eigenvalue weighted by Gasteiger charge is 2.31. The molecule has 194 valence electrons. The molecule has 7 heteroatoms. The Balaban J connectivity index is 1.56. The average molecular weight is 494 g/mol. The Hall–Kier alpha value is -3.35. The van der Waals surface area contributed by atoms with Gasteiger partial charge in [-0.2, -0.15) is 5.10 Å². The SMILES string of the molecule is CCOC(=O)C(C)(C)Oc1ccc(CCCc2nn(Cc3ccc(C(C)(C)C)cc3)c(=O)n2C)cc1. The van der Waals surface area contributed by atoms with Gasteiger partial charge >= 0.3 is 11.7 Å². The van der Waals surface area contributed by atoms with Gasteiger partial charge in [0.15, 0.2) is 5.60 Å². The molecular formula is C29H39N3O4. The average Bonchev–Trinajstić information content (AvgIpc) is 3.08.